The number of aromatic nitrogens is 2. The minimum atomic E-state index is -7.22. The summed E-state index contributed by atoms with van der Waals surface area (Å²) in [6.45, 7) is 2.95. The molecule has 1 aromatic heterocycles. The van der Waals surface area contributed by atoms with E-state index in [0.29, 0.717) is 12.2 Å². The topological polar surface area (TPSA) is 43.1 Å². The summed E-state index contributed by atoms with van der Waals surface area (Å²) in [5.74, 6) is -71.7. The summed E-state index contributed by atoms with van der Waals surface area (Å²) in [6, 6.07) is 7.43. The molecule has 5 aromatic carbocycles. The Bertz CT molecular complexity index is 2410. The third-order valence-corrected chi connectivity index (χ3v) is 9.23. The second-order valence-electron chi connectivity index (χ2n) is 12.6. The van der Waals surface area contributed by atoms with E-state index >= 15 is 35.1 Å². The molecule has 25 heteroatoms. The van der Waals surface area contributed by atoms with Crippen molar-refractivity contribution in [3.63, 3.8) is 0 Å². The summed E-state index contributed by atoms with van der Waals surface area (Å²) in [4.78, 5) is 15.4. The molecule has 0 amide bonds. The third kappa shape index (κ3) is 7.76. The predicted octanol–water partition coefficient (Wildman–Crippen LogP) is 7.44. The van der Waals surface area contributed by atoms with Gasteiger partial charge in [-0.05, 0) is 19.1 Å². The van der Waals surface area contributed by atoms with Crippen molar-refractivity contribution in [2.45, 2.75) is 13.5 Å². The maximum Gasteiger partial charge on any atom is 0.338 e. The van der Waals surface area contributed by atoms with Crippen LogP contribution in [0.5, 0.6) is 0 Å². The number of halogens is 20. The molecule has 0 aliphatic heterocycles. The number of carbonyl (C=O) groups excluding carboxylic acids is 1. The number of nitrogens with zero attached hydrogens (tertiary/aromatic N) is 2. The zero-order chi connectivity index (χ0) is 47.2. The third-order valence-electron chi connectivity index (χ3n) is 9.23. The second kappa shape index (κ2) is 18.0. The van der Waals surface area contributed by atoms with Crippen LogP contribution in [-0.4, -0.2) is 23.7 Å². The molecule has 0 saturated heterocycles. The van der Waals surface area contributed by atoms with Crippen LogP contribution < -0.4 is 26.4 Å². The first-order chi connectivity index (χ1) is 29.5. The molecular weight excluding hydrogens is 907 g/mol. The number of ether oxygens (including phenoxy) is 1. The molecule has 0 atom stereocenters. The summed E-state index contributed by atoms with van der Waals surface area (Å²) in [5.41, 5.74) is -12.6. The molecule has 0 bridgehead atoms. The van der Waals surface area contributed by atoms with E-state index in [1.165, 1.54) is 0 Å². The molecule has 63 heavy (non-hydrogen) atoms. The lowest BCUT2D eigenvalue weighted by Gasteiger charge is -2.44. The van der Waals surface area contributed by atoms with E-state index in [1.54, 1.807) is 31.5 Å². The molecule has 332 valence electrons. The lowest BCUT2D eigenvalue weighted by molar-refractivity contribution is -0.688. The van der Waals surface area contributed by atoms with Gasteiger partial charge in [-0.1, -0.05) is 12.1 Å². The molecule has 0 fully saturated rings. The van der Waals surface area contributed by atoms with Gasteiger partial charge in [0.15, 0.2) is 88.7 Å². The van der Waals surface area contributed by atoms with E-state index < -0.39 is 144 Å². The molecule has 0 unspecified atom stereocenters. The van der Waals surface area contributed by atoms with Crippen LogP contribution in [0.4, 0.5) is 87.8 Å². The summed E-state index contributed by atoms with van der Waals surface area (Å²) < 4.78 is 301. The van der Waals surface area contributed by atoms with Crippen LogP contribution in [0.3, 0.4) is 0 Å². The van der Waals surface area contributed by atoms with E-state index in [-0.39, 0.29) is 5.97 Å². The Labute approximate surface area is 337 Å². The van der Waals surface area contributed by atoms with Crippen molar-refractivity contribution >= 4 is 34.0 Å². The average Bonchev–Trinajstić information content (AvgIpc) is 3.27. The fourth-order valence-corrected chi connectivity index (χ4v) is 6.50. The van der Waals surface area contributed by atoms with Crippen LogP contribution in [0.1, 0.15) is 22.8 Å². The second-order valence-corrected chi connectivity index (χ2v) is 12.6. The van der Waals surface area contributed by atoms with E-state index in [2.05, 4.69) is 4.98 Å². The molecule has 6 aromatic rings. The summed E-state index contributed by atoms with van der Waals surface area (Å²) in [7, 11) is 0. The highest BCUT2D eigenvalue weighted by Crippen LogP contribution is 2.30. The van der Waals surface area contributed by atoms with Gasteiger partial charge in [-0.25, -0.2) is 92.6 Å². The van der Waals surface area contributed by atoms with Crippen LogP contribution >= 0.6 is 0 Å². The van der Waals surface area contributed by atoms with Crippen LogP contribution in [0.2, 0.25) is 0 Å². The number of carbonyl (C=O) groups is 1. The first-order valence-electron chi connectivity index (χ1n) is 16.8. The van der Waals surface area contributed by atoms with E-state index in [1.807, 2.05) is 29.1 Å². The fourth-order valence-electron chi connectivity index (χ4n) is 6.50. The van der Waals surface area contributed by atoms with E-state index in [0.717, 1.165) is 12.1 Å². The monoisotopic (exact) mass is 922 g/mol. The van der Waals surface area contributed by atoms with Crippen molar-refractivity contribution in [2.75, 3.05) is 6.61 Å². The largest absolute Gasteiger partial charge is 0.462 e. The summed E-state index contributed by atoms with van der Waals surface area (Å²) >= 11 is 0. The van der Waals surface area contributed by atoms with Crippen molar-refractivity contribution in [2.24, 2.45) is 0 Å². The number of benzene rings is 5. The SMILES string of the molecule is CCOC(=O)c1ccc(C[n+]2ccncc2)cc1.Fc1c(F)c(F)c([B-](c2c(F)c(F)c(F)c(F)c2F)(c2c(F)c(F)c(F)c(F)c2F)c2c(F)c(F)c(F)c(F)c2F)c(F)c1F. The Kier molecular flexibility index (Phi) is 13.5. The molecule has 0 spiro atoms. The zero-order valence-electron chi connectivity index (χ0n) is 30.4. The van der Waals surface area contributed by atoms with Crippen molar-refractivity contribution in [1.82, 2.24) is 4.98 Å². The Balaban J connectivity index is 0.000000345. The number of hydrogen-bond donors (Lipinski definition) is 0. The minimum absolute atomic E-state index is 0.277. The van der Waals surface area contributed by atoms with Crippen LogP contribution in [-0.2, 0) is 11.3 Å². The van der Waals surface area contributed by atoms with Crippen molar-refractivity contribution in [3.05, 3.63) is 177 Å². The standard InChI is InChI=1S/C24BF20.C14H15N2O2/c26-5-1(6(27)14(35)21(42)13(5)34)25(2-7(28)15(36)22(43)16(37)8(2)29,3-9(30)17(38)23(44)18(39)10(3)31)4-11(32)19(40)24(45)20(41)12(4)33;1-2-18-14(17)13-5-3-12(4-6-13)11-16-9-7-15-8-10-16/h;3-10H,2,11H2,1H3/q-1;+1. The van der Waals surface area contributed by atoms with Crippen molar-refractivity contribution < 1.29 is 102 Å². The van der Waals surface area contributed by atoms with Gasteiger partial charge in [-0.2, -0.15) is 4.57 Å². The van der Waals surface area contributed by atoms with E-state index in [4.69, 9.17) is 4.74 Å². The maximum atomic E-state index is 15.4. The van der Waals surface area contributed by atoms with Crippen LogP contribution in [0.25, 0.3) is 0 Å². The lowest BCUT2D eigenvalue weighted by atomic mass is 9.12. The van der Waals surface area contributed by atoms with Gasteiger partial charge in [-0.3, -0.25) is 4.98 Å². The van der Waals surface area contributed by atoms with Gasteiger partial charge in [0, 0.05) is 5.56 Å². The van der Waals surface area contributed by atoms with Crippen LogP contribution in [0.15, 0.2) is 49.1 Å². The van der Waals surface area contributed by atoms with Gasteiger partial charge in [0.25, 0.3) is 0 Å². The van der Waals surface area contributed by atoms with Crippen molar-refractivity contribution in [3.8, 4) is 0 Å². The lowest BCUT2D eigenvalue weighted by Crippen LogP contribution is -2.81. The Morgan fingerprint density at radius 2 is 0.698 bits per heavy atom. The first kappa shape index (κ1) is 47.4. The minimum Gasteiger partial charge on any atom is -0.462 e. The molecular formula is C38H15BF20N2O2. The predicted molar refractivity (Wildman–Crippen MR) is 175 cm³/mol. The first-order valence-corrected chi connectivity index (χ1v) is 16.8. The molecule has 0 N–H and O–H groups in total. The highest BCUT2D eigenvalue weighted by atomic mass is 19.2. The van der Waals surface area contributed by atoms with Crippen molar-refractivity contribution in [1.29, 1.82) is 0 Å². The highest BCUT2D eigenvalue weighted by Gasteiger charge is 2.52. The number of esters is 1. The summed E-state index contributed by atoms with van der Waals surface area (Å²) in [5, 5.41) is 0. The molecule has 0 saturated carbocycles. The normalized spacial score (nSPS) is 11.4. The van der Waals surface area contributed by atoms with E-state index in [9.17, 15) is 57.5 Å². The Morgan fingerprint density at radius 1 is 0.444 bits per heavy atom. The smallest absolute Gasteiger partial charge is 0.338 e. The van der Waals surface area contributed by atoms with Crippen LogP contribution in [0, 0.1) is 116 Å². The number of hydrogen-bond acceptors (Lipinski definition) is 3. The quantitative estimate of drug-likeness (QED) is 0.0399. The summed E-state index contributed by atoms with van der Waals surface area (Å²) in [6.07, 6.45) is 0.0731. The average molecular weight is 922 g/mol. The number of rotatable bonds is 8. The maximum absolute atomic E-state index is 15.4. The molecule has 0 aliphatic carbocycles. The zero-order valence-corrected chi connectivity index (χ0v) is 30.4. The molecule has 0 radical (unpaired) electrons. The van der Waals surface area contributed by atoms with Gasteiger partial charge in [-0.15, -0.1) is 21.9 Å². The van der Waals surface area contributed by atoms with Gasteiger partial charge >= 0.3 is 5.97 Å². The highest BCUT2D eigenvalue weighted by molar-refractivity contribution is 7.20. The molecule has 4 nitrogen and oxygen atoms in total. The Morgan fingerprint density at radius 3 is 0.952 bits per heavy atom. The fraction of sp³-hybridized carbons (Fsp3) is 0.0789. The molecule has 1 heterocycles. The van der Waals surface area contributed by atoms with Gasteiger partial charge in [0.1, 0.15) is 52.7 Å². The van der Waals surface area contributed by atoms with Gasteiger partial charge in [0.2, 0.25) is 0 Å². The van der Waals surface area contributed by atoms with Gasteiger partial charge in [0.05, 0.1) is 24.6 Å². The van der Waals surface area contributed by atoms with Gasteiger partial charge < -0.3 is 4.74 Å². The molecule has 6 rings (SSSR count). The Hall–Kier alpha value is -6.69. The molecule has 0 aliphatic rings.